The maximum atomic E-state index is 11.9. The first-order valence-corrected chi connectivity index (χ1v) is 9.44. The third kappa shape index (κ3) is 5.73. The summed E-state index contributed by atoms with van der Waals surface area (Å²) in [5.41, 5.74) is 2.49. The molecule has 0 spiro atoms. The average Bonchev–Trinajstić information content (AvgIpc) is 2.53. The quantitative estimate of drug-likeness (QED) is 0.842. The van der Waals surface area contributed by atoms with Crippen molar-refractivity contribution in [3.8, 4) is 11.4 Å². The predicted octanol–water partition coefficient (Wildman–Crippen LogP) is 2.73. The Morgan fingerprint density at radius 3 is 2.58 bits per heavy atom. The smallest absolute Gasteiger partial charge is 0.319 e. The molecule has 0 saturated heterocycles. The van der Waals surface area contributed by atoms with Gasteiger partial charge in [0.25, 0.3) is 0 Å². The highest BCUT2D eigenvalue weighted by Gasteiger charge is 2.08. The van der Waals surface area contributed by atoms with E-state index in [4.69, 9.17) is 0 Å². The van der Waals surface area contributed by atoms with Crippen LogP contribution >= 0.6 is 0 Å². The van der Waals surface area contributed by atoms with Crippen LogP contribution in [0.1, 0.15) is 19.0 Å². The summed E-state index contributed by atoms with van der Waals surface area (Å²) in [6, 6.07) is 8.90. The highest BCUT2D eigenvalue weighted by molar-refractivity contribution is 7.84. The summed E-state index contributed by atoms with van der Waals surface area (Å²) in [5.74, 6) is 1.24. The number of hydrogen-bond acceptors (Lipinski definition) is 4. The van der Waals surface area contributed by atoms with Crippen LogP contribution in [0.25, 0.3) is 11.4 Å². The van der Waals surface area contributed by atoms with Gasteiger partial charge in [-0.15, -0.1) is 0 Å². The molecule has 0 unspecified atom stereocenters. The number of benzene rings is 1. The molecule has 7 heteroatoms. The van der Waals surface area contributed by atoms with Crippen LogP contribution in [0.4, 0.5) is 10.5 Å². The molecule has 0 fully saturated rings. The van der Waals surface area contributed by atoms with Crippen LogP contribution in [0, 0.1) is 6.92 Å². The Kier molecular flexibility index (Phi) is 6.43. The fraction of sp³-hybridized carbons (Fsp3) is 0.353. The molecule has 6 nitrogen and oxygen atoms in total. The molecule has 2 aromatic rings. The lowest BCUT2D eigenvalue weighted by molar-refractivity contribution is 0.249. The zero-order chi connectivity index (χ0) is 17.5. The molecule has 1 aromatic heterocycles. The Morgan fingerprint density at radius 1 is 1.25 bits per heavy atom. The number of rotatable bonds is 6. The van der Waals surface area contributed by atoms with Crippen LogP contribution in [-0.2, 0) is 10.8 Å². The number of carbonyl (C=O) groups is 1. The summed E-state index contributed by atoms with van der Waals surface area (Å²) in [7, 11) is -0.845. The number of amides is 2. The van der Waals surface area contributed by atoms with Crippen molar-refractivity contribution in [2.75, 3.05) is 17.3 Å². The van der Waals surface area contributed by atoms with Gasteiger partial charge < -0.3 is 10.6 Å². The number of nitrogens with zero attached hydrogens (tertiary/aromatic N) is 2. The van der Waals surface area contributed by atoms with Gasteiger partial charge in [0.15, 0.2) is 5.82 Å². The van der Waals surface area contributed by atoms with E-state index in [2.05, 4.69) is 20.6 Å². The Morgan fingerprint density at radius 2 is 1.96 bits per heavy atom. The molecule has 1 aromatic carbocycles. The number of aromatic nitrogens is 2. The van der Waals surface area contributed by atoms with Gasteiger partial charge in [-0.2, -0.15) is 0 Å². The maximum Gasteiger partial charge on any atom is 0.319 e. The van der Waals surface area contributed by atoms with E-state index >= 15 is 0 Å². The minimum atomic E-state index is -0.845. The number of carbonyl (C=O) groups excluding carboxylic acids is 1. The summed E-state index contributed by atoms with van der Waals surface area (Å²) >= 11 is 0. The Hall–Kier alpha value is -2.28. The SMILES string of the molecule is Cc1ccnc(-c2ccc(NC(=O)N[C@H](C)CC[S@@](C)=O)cc2)n1. The lowest BCUT2D eigenvalue weighted by Gasteiger charge is -2.14. The topological polar surface area (TPSA) is 84.0 Å². The minimum absolute atomic E-state index is 0.0335. The molecule has 2 rings (SSSR count). The van der Waals surface area contributed by atoms with Crippen molar-refractivity contribution in [3.05, 3.63) is 42.2 Å². The number of hydrogen-bond donors (Lipinski definition) is 2. The molecule has 0 aliphatic heterocycles. The molecule has 0 radical (unpaired) electrons. The van der Waals surface area contributed by atoms with Crippen molar-refractivity contribution in [1.82, 2.24) is 15.3 Å². The van der Waals surface area contributed by atoms with Crippen LogP contribution in [-0.4, -0.2) is 38.3 Å². The highest BCUT2D eigenvalue weighted by atomic mass is 32.2. The van der Waals surface area contributed by atoms with Gasteiger partial charge in [0, 0.05) is 52.0 Å². The van der Waals surface area contributed by atoms with E-state index in [0.29, 0.717) is 23.7 Å². The molecule has 0 aliphatic rings. The molecular formula is C17H22N4O2S. The average molecular weight is 346 g/mol. The number of urea groups is 1. The van der Waals surface area contributed by atoms with E-state index in [9.17, 15) is 9.00 Å². The van der Waals surface area contributed by atoms with Gasteiger partial charge in [0.05, 0.1) is 0 Å². The monoisotopic (exact) mass is 346 g/mol. The Bertz CT molecular complexity index is 719. The lowest BCUT2D eigenvalue weighted by atomic mass is 10.2. The molecule has 2 atom stereocenters. The number of aryl methyl sites for hydroxylation is 1. The first-order chi connectivity index (χ1) is 11.4. The molecule has 0 saturated carbocycles. The van der Waals surface area contributed by atoms with E-state index in [1.807, 2.05) is 44.2 Å². The van der Waals surface area contributed by atoms with Crippen molar-refractivity contribution < 1.29 is 9.00 Å². The summed E-state index contributed by atoms with van der Waals surface area (Å²) in [4.78, 5) is 20.6. The highest BCUT2D eigenvalue weighted by Crippen LogP contribution is 2.17. The predicted molar refractivity (Wildman–Crippen MR) is 97.4 cm³/mol. The maximum absolute atomic E-state index is 11.9. The molecule has 128 valence electrons. The second-order valence-corrected chi connectivity index (χ2v) is 7.22. The third-order valence-electron chi connectivity index (χ3n) is 3.41. The van der Waals surface area contributed by atoms with Gasteiger partial charge in [-0.1, -0.05) is 0 Å². The Balaban J connectivity index is 1.91. The molecule has 0 bridgehead atoms. The molecule has 24 heavy (non-hydrogen) atoms. The zero-order valence-electron chi connectivity index (χ0n) is 14.1. The first-order valence-electron chi connectivity index (χ1n) is 7.71. The van der Waals surface area contributed by atoms with Gasteiger partial charge >= 0.3 is 6.03 Å². The summed E-state index contributed by atoms with van der Waals surface area (Å²) in [5, 5.41) is 5.61. The van der Waals surface area contributed by atoms with Crippen molar-refractivity contribution in [2.45, 2.75) is 26.3 Å². The third-order valence-corrected chi connectivity index (χ3v) is 4.22. The molecule has 2 N–H and O–H groups in total. The van der Waals surface area contributed by atoms with Crippen LogP contribution in [0.3, 0.4) is 0 Å². The van der Waals surface area contributed by atoms with Crippen molar-refractivity contribution in [1.29, 1.82) is 0 Å². The minimum Gasteiger partial charge on any atom is -0.335 e. The van der Waals surface area contributed by atoms with Gasteiger partial charge in [-0.3, -0.25) is 4.21 Å². The van der Waals surface area contributed by atoms with E-state index in [1.54, 1.807) is 12.5 Å². The summed E-state index contributed by atoms with van der Waals surface area (Å²) in [6.07, 6.45) is 4.06. The molecular weight excluding hydrogens is 324 g/mol. The van der Waals surface area contributed by atoms with Gasteiger partial charge in [-0.05, 0) is 50.6 Å². The van der Waals surface area contributed by atoms with Crippen LogP contribution in [0.5, 0.6) is 0 Å². The second kappa shape index (κ2) is 8.54. The molecule has 0 aliphatic carbocycles. The van der Waals surface area contributed by atoms with E-state index in [0.717, 1.165) is 11.3 Å². The normalized spacial score (nSPS) is 13.1. The summed E-state index contributed by atoms with van der Waals surface area (Å²) < 4.78 is 11.1. The second-order valence-electron chi connectivity index (χ2n) is 5.66. The fourth-order valence-electron chi connectivity index (χ4n) is 2.10. The van der Waals surface area contributed by atoms with Gasteiger partial charge in [0.2, 0.25) is 0 Å². The lowest BCUT2D eigenvalue weighted by Crippen LogP contribution is -2.36. The zero-order valence-corrected chi connectivity index (χ0v) is 14.9. The van der Waals surface area contributed by atoms with E-state index in [1.165, 1.54) is 0 Å². The van der Waals surface area contributed by atoms with Gasteiger partial charge in [-0.25, -0.2) is 14.8 Å². The number of nitrogens with one attached hydrogen (secondary N) is 2. The van der Waals surface area contributed by atoms with E-state index in [-0.39, 0.29) is 12.1 Å². The van der Waals surface area contributed by atoms with Crippen LogP contribution < -0.4 is 10.6 Å². The summed E-state index contributed by atoms with van der Waals surface area (Å²) in [6.45, 7) is 3.81. The van der Waals surface area contributed by atoms with Gasteiger partial charge in [0.1, 0.15) is 0 Å². The van der Waals surface area contributed by atoms with Crippen LogP contribution in [0.15, 0.2) is 36.5 Å². The molecule has 2 amide bonds. The van der Waals surface area contributed by atoms with Crippen molar-refractivity contribution >= 4 is 22.5 Å². The van der Waals surface area contributed by atoms with Crippen molar-refractivity contribution in [2.24, 2.45) is 0 Å². The van der Waals surface area contributed by atoms with E-state index < -0.39 is 10.8 Å². The van der Waals surface area contributed by atoms with Crippen molar-refractivity contribution in [3.63, 3.8) is 0 Å². The first kappa shape index (κ1) is 18.1. The Labute approximate surface area is 144 Å². The number of anilines is 1. The fourth-order valence-corrected chi connectivity index (χ4v) is 2.78. The standard InChI is InChI=1S/C17H22N4O2S/c1-12-8-10-18-16(19-12)14-4-6-15(7-5-14)21-17(22)20-13(2)9-11-24(3)23/h4-8,10,13H,9,11H2,1-3H3,(H2,20,21,22)/t13-,24-/m1/s1. The molecule has 1 heterocycles. The van der Waals surface area contributed by atoms with Crippen LogP contribution in [0.2, 0.25) is 0 Å². The largest absolute Gasteiger partial charge is 0.335 e.